The second-order valence-corrected chi connectivity index (χ2v) is 11.2. The van der Waals surface area contributed by atoms with Crippen molar-refractivity contribution < 1.29 is 45.0 Å². The summed E-state index contributed by atoms with van der Waals surface area (Å²) in [5.41, 5.74) is -1.85. The largest absolute Gasteiger partial charge is 0.477 e. The molecule has 0 saturated heterocycles. The Morgan fingerprint density at radius 2 is 1.36 bits per heavy atom. The zero-order valence-corrected chi connectivity index (χ0v) is 24.0. The maximum atomic E-state index is 15.1. The number of carboxylic acids is 1. The maximum Gasteiger partial charge on any atom is 0.346 e. The molecule has 13 heteroatoms. The number of nitrogens with zero attached hydrogens (tertiary/aromatic N) is 2. The summed E-state index contributed by atoms with van der Waals surface area (Å²) >= 11 is 1.16. The lowest BCUT2D eigenvalue weighted by atomic mass is 10.0. The van der Waals surface area contributed by atoms with Gasteiger partial charge in [0.25, 0.3) is 0 Å². The van der Waals surface area contributed by atoms with Crippen molar-refractivity contribution in [2.75, 3.05) is 0 Å². The summed E-state index contributed by atoms with van der Waals surface area (Å²) < 4.78 is 117. The van der Waals surface area contributed by atoms with Gasteiger partial charge >= 0.3 is 5.97 Å². The molecule has 5 aromatic rings. The first-order valence-electron chi connectivity index (χ1n) is 13.5. The molecule has 0 aliphatic heterocycles. The molecular weight excluding hydrogens is 628 g/mol. The number of thiophene rings is 1. The summed E-state index contributed by atoms with van der Waals surface area (Å²) in [6, 6.07) is 8.67. The first kappa shape index (κ1) is 31.7. The lowest BCUT2D eigenvalue weighted by Gasteiger charge is -2.11. The van der Waals surface area contributed by atoms with Gasteiger partial charge in [0.2, 0.25) is 0 Å². The van der Waals surface area contributed by atoms with E-state index in [2.05, 4.69) is 0 Å². The molecule has 3 aromatic carbocycles. The van der Waals surface area contributed by atoms with Crippen LogP contribution >= 0.6 is 11.3 Å². The monoisotopic (exact) mass is 648 g/mol. The average Bonchev–Trinajstić information content (AvgIpc) is 3.61. The van der Waals surface area contributed by atoms with Crippen molar-refractivity contribution in [2.24, 2.45) is 0 Å². The Kier molecular flexibility index (Phi) is 8.71. The van der Waals surface area contributed by atoms with Crippen molar-refractivity contribution in [3.63, 3.8) is 0 Å². The summed E-state index contributed by atoms with van der Waals surface area (Å²) in [5.74, 6) is -19.0. The first-order chi connectivity index (χ1) is 21.4. The van der Waals surface area contributed by atoms with Crippen LogP contribution in [-0.4, -0.2) is 15.6 Å². The summed E-state index contributed by atoms with van der Waals surface area (Å²) in [6.45, 7) is 2.05. The number of aryl methyl sites for hydroxylation is 1. The molecule has 232 valence electrons. The number of fused-ring (bicyclic) bond motifs is 3. The van der Waals surface area contributed by atoms with Crippen molar-refractivity contribution in [1.29, 1.82) is 5.26 Å². The molecule has 0 fully saturated rings. The number of hydrogen-bond acceptors (Lipinski definition) is 3. The highest BCUT2D eigenvalue weighted by atomic mass is 32.1. The molecule has 0 aliphatic rings. The van der Waals surface area contributed by atoms with Crippen LogP contribution in [0.1, 0.15) is 43.0 Å². The Hall–Kier alpha value is -4.70. The number of rotatable bonds is 9. The summed E-state index contributed by atoms with van der Waals surface area (Å²) in [7, 11) is 0. The molecule has 2 aromatic heterocycles. The normalized spacial score (nSPS) is 12.0. The van der Waals surface area contributed by atoms with E-state index in [0.29, 0.717) is 26.3 Å². The number of aromatic nitrogens is 1. The van der Waals surface area contributed by atoms with E-state index in [9.17, 15) is 41.5 Å². The SMILES string of the molecule is CCCCCCc1cc(-c2ccc(-n3c4c(F)c(F)c(F)c(F)c4c4c(F)c(F)c(F)c(F)c43)cc2)sc1/C=C(\C#N)C(=O)O. The fraction of sp³-hybridized carbons (Fsp3) is 0.188. The Balaban J connectivity index is 1.70. The number of aliphatic carboxylic acids is 1. The Labute approximate surface area is 254 Å². The molecule has 0 spiro atoms. The van der Waals surface area contributed by atoms with Gasteiger partial charge in [-0.3, -0.25) is 0 Å². The van der Waals surface area contributed by atoms with Gasteiger partial charge in [0.05, 0.1) is 21.8 Å². The van der Waals surface area contributed by atoms with Crippen molar-refractivity contribution in [1.82, 2.24) is 4.57 Å². The first-order valence-corrected chi connectivity index (χ1v) is 14.3. The third-order valence-electron chi connectivity index (χ3n) is 7.36. The highest BCUT2D eigenvalue weighted by Gasteiger charge is 2.33. The molecule has 1 N–H and O–H groups in total. The van der Waals surface area contributed by atoms with Gasteiger partial charge in [-0.1, -0.05) is 38.3 Å². The number of carboxylic acid groups (broad SMARTS) is 1. The smallest absolute Gasteiger partial charge is 0.346 e. The van der Waals surface area contributed by atoms with Crippen molar-refractivity contribution in [3.05, 3.63) is 92.9 Å². The zero-order valence-electron chi connectivity index (χ0n) is 23.2. The van der Waals surface area contributed by atoms with Crippen LogP contribution in [0.2, 0.25) is 0 Å². The number of unbranched alkanes of at least 4 members (excludes halogenated alkanes) is 3. The summed E-state index contributed by atoms with van der Waals surface area (Å²) in [5, 5.41) is 15.9. The van der Waals surface area contributed by atoms with E-state index in [1.807, 2.05) is 6.92 Å². The van der Waals surface area contributed by atoms with Gasteiger partial charge in [-0.2, -0.15) is 5.26 Å². The van der Waals surface area contributed by atoms with E-state index in [0.717, 1.165) is 42.6 Å². The van der Waals surface area contributed by atoms with E-state index < -0.39 is 79.9 Å². The van der Waals surface area contributed by atoms with Crippen molar-refractivity contribution in [3.8, 4) is 22.2 Å². The molecule has 0 unspecified atom stereocenters. The zero-order chi connectivity index (χ0) is 32.7. The third kappa shape index (κ3) is 5.33. The fourth-order valence-corrected chi connectivity index (χ4v) is 6.34. The predicted molar refractivity (Wildman–Crippen MR) is 153 cm³/mol. The Bertz CT molecular complexity index is 2000. The molecular formula is C32H20F8N2O2S. The molecule has 0 radical (unpaired) electrons. The second-order valence-electron chi connectivity index (χ2n) is 10.1. The Morgan fingerprint density at radius 1 is 0.822 bits per heavy atom. The lowest BCUT2D eigenvalue weighted by molar-refractivity contribution is -0.132. The minimum atomic E-state index is -2.35. The maximum absolute atomic E-state index is 15.1. The standard InChI is InChI=1S/C32H20F8N2O2S/c1-2-3-4-5-6-15-11-18(45-19(15)12-16(13-41)32(43)44)14-7-9-17(10-8-14)42-30-20(22(33)24(35)26(37)28(30)39)21-23(34)25(36)27(38)29(40)31(21)42/h7-12H,2-6H2,1H3,(H,43,44)/b16-12+. The van der Waals surface area contributed by atoms with Crippen LogP contribution in [0.4, 0.5) is 35.1 Å². The van der Waals surface area contributed by atoms with E-state index >= 15 is 8.78 Å². The molecule has 5 rings (SSSR count). The molecule has 0 aliphatic carbocycles. The van der Waals surface area contributed by atoms with Gasteiger partial charge in [-0.05, 0) is 48.2 Å². The van der Waals surface area contributed by atoms with E-state index in [-0.39, 0.29) is 5.69 Å². The lowest BCUT2D eigenvalue weighted by Crippen LogP contribution is -2.03. The molecule has 2 heterocycles. The van der Waals surface area contributed by atoms with Gasteiger partial charge < -0.3 is 9.67 Å². The van der Waals surface area contributed by atoms with E-state index in [1.165, 1.54) is 30.3 Å². The highest BCUT2D eigenvalue weighted by Crippen LogP contribution is 2.42. The van der Waals surface area contributed by atoms with Crippen LogP contribution in [0.5, 0.6) is 0 Å². The quantitative estimate of drug-likeness (QED) is 0.0432. The molecule has 0 saturated carbocycles. The highest BCUT2D eigenvalue weighted by molar-refractivity contribution is 7.16. The van der Waals surface area contributed by atoms with Crippen LogP contribution in [0, 0.1) is 57.9 Å². The van der Waals surface area contributed by atoms with Crippen LogP contribution < -0.4 is 0 Å². The topological polar surface area (TPSA) is 66.0 Å². The molecule has 0 bridgehead atoms. The van der Waals surface area contributed by atoms with Crippen LogP contribution in [0.25, 0.3) is 44.0 Å². The average molecular weight is 649 g/mol. The fourth-order valence-electron chi connectivity index (χ4n) is 5.18. The summed E-state index contributed by atoms with van der Waals surface area (Å²) in [6.07, 6.45) is 5.55. The summed E-state index contributed by atoms with van der Waals surface area (Å²) in [4.78, 5) is 12.6. The van der Waals surface area contributed by atoms with Gasteiger partial charge in [-0.15, -0.1) is 11.3 Å². The van der Waals surface area contributed by atoms with Crippen molar-refractivity contribution >= 4 is 45.2 Å². The minimum Gasteiger partial charge on any atom is -0.477 e. The van der Waals surface area contributed by atoms with E-state index in [4.69, 9.17) is 0 Å². The van der Waals surface area contributed by atoms with Crippen LogP contribution in [0.15, 0.2) is 35.9 Å². The third-order valence-corrected chi connectivity index (χ3v) is 8.53. The van der Waals surface area contributed by atoms with E-state index in [1.54, 1.807) is 12.1 Å². The van der Waals surface area contributed by atoms with Gasteiger partial charge in [-0.25, -0.2) is 39.9 Å². The molecule has 0 amide bonds. The predicted octanol–water partition coefficient (Wildman–Crippen LogP) is 9.74. The van der Waals surface area contributed by atoms with Gasteiger partial charge in [0, 0.05) is 15.4 Å². The van der Waals surface area contributed by atoms with Crippen LogP contribution in [0.3, 0.4) is 0 Å². The minimum absolute atomic E-state index is 0.263. The Morgan fingerprint density at radius 3 is 1.84 bits per heavy atom. The molecule has 4 nitrogen and oxygen atoms in total. The van der Waals surface area contributed by atoms with Gasteiger partial charge in [0.15, 0.2) is 46.5 Å². The van der Waals surface area contributed by atoms with Gasteiger partial charge in [0.1, 0.15) is 11.6 Å². The number of carbonyl (C=O) groups is 1. The van der Waals surface area contributed by atoms with Crippen LogP contribution in [-0.2, 0) is 11.2 Å². The number of nitriles is 1. The number of halogens is 8. The van der Waals surface area contributed by atoms with Crippen molar-refractivity contribution in [2.45, 2.75) is 39.0 Å². The molecule has 45 heavy (non-hydrogen) atoms. The second kappa shape index (κ2) is 12.4. The molecule has 0 atom stereocenters. The number of benzene rings is 3. The number of hydrogen-bond donors (Lipinski definition) is 1.